The lowest BCUT2D eigenvalue weighted by Crippen LogP contribution is -2.28. The largest absolute Gasteiger partial charge is 0.493 e. The van der Waals surface area contributed by atoms with Crippen LogP contribution in [0.1, 0.15) is 53.9 Å². The molecular weight excluding hydrogens is 633 g/mol. The second-order valence-electron chi connectivity index (χ2n) is 10.7. The van der Waals surface area contributed by atoms with Crippen molar-refractivity contribution in [3.8, 4) is 23.0 Å². The number of carboxylic acid groups (broad SMARTS) is 2. The van der Waals surface area contributed by atoms with Crippen molar-refractivity contribution < 1.29 is 52.7 Å². The quantitative estimate of drug-likeness (QED) is 0.151. The summed E-state index contributed by atoms with van der Waals surface area (Å²) in [5.41, 5.74) is 1.49. The molecule has 2 N–H and O–H groups in total. The second kappa shape index (κ2) is 14.3. The van der Waals surface area contributed by atoms with Crippen molar-refractivity contribution in [3.63, 3.8) is 0 Å². The number of carbonyl (C=O) groups is 4. The number of hydrogen-bond donors (Lipinski definition) is 2. The first-order valence-electron chi connectivity index (χ1n) is 14.1. The maximum atomic E-state index is 15.2. The van der Waals surface area contributed by atoms with E-state index in [1.165, 1.54) is 34.1 Å². The molecule has 1 aliphatic rings. The highest BCUT2D eigenvalue weighted by atomic mass is 35.5. The number of ether oxygens (including phenoxy) is 4. The van der Waals surface area contributed by atoms with E-state index >= 15 is 4.39 Å². The fourth-order valence-corrected chi connectivity index (χ4v) is 6.17. The molecule has 3 aromatic rings. The van der Waals surface area contributed by atoms with Crippen molar-refractivity contribution in [3.05, 3.63) is 45.0 Å². The maximum Gasteiger partial charge on any atom is 0.306 e. The van der Waals surface area contributed by atoms with Gasteiger partial charge in [-0.1, -0.05) is 25.4 Å². The Morgan fingerprint density at radius 2 is 1.58 bits per heavy atom. The molecule has 0 saturated carbocycles. The van der Waals surface area contributed by atoms with E-state index in [-0.39, 0.29) is 61.1 Å². The Morgan fingerprint density at radius 3 is 2.22 bits per heavy atom. The van der Waals surface area contributed by atoms with E-state index in [0.717, 1.165) is 16.9 Å². The Bertz CT molecular complexity index is 1640. The van der Waals surface area contributed by atoms with Gasteiger partial charge in [0.15, 0.2) is 34.6 Å². The number of methoxy groups -OCH3 is 2. The van der Waals surface area contributed by atoms with Crippen LogP contribution in [-0.4, -0.2) is 66.2 Å². The van der Waals surface area contributed by atoms with E-state index in [4.69, 9.17) is 40.8 Å². The molecule has 0 fully saturated rings. The molecule has 1 aliphatic heterocycles. The van der Waals surface area contributed by atoms with Gasteiger partial charge >= 0.3 is 11.9 Å². The summed E-state index contributed by atoms with van der Waals surface area (Å²) in [7, 11) is 2.91. The molecule has 0 bridgehead atoms. The Balaban J connectivity index is 1.40. The predicted octanol–water partition coefficient (Wildman–Crippen LogP) is 5.81. The topological polar surface area (TPSA) is 149 Å². The zero-order valence-corrected chi connectivity index (χ0v) is 26.7. The molecule has 11 nitrogen and oxygen atoms in total. The number of aliphatic carboxylic acids is 2. The van der Waals surface area contributed by atoms with Crippen molar-refractivity contribution in [2.45, 2.75) is 46.2 Å². The molecule has 0 saturated heterocycles. The number of nitrogens with zero attached hydrogens (tertiary/aromatic N) is 1. The number of carboxylic acids is 2. The summed E-state index contributed by atoms with van der Waals surface area (Å²) >= 11 is 7.61. The van der Waals surface area contributed by atoms with Crippen LogP contribution in [0.15, 0.2) is 18.2 Å². The fraction of sp³-hybridized carbons (Fsp3) is 0.419. The van der Waals surface area contributed by atoms with E-state index in [1.807, 2.05) is 0 Å². The van der Waals surface area contributed by atoms with Gasteiger partial charge in [0, 0.05) is 48.5 Å². The van der Waals surface area contributed by atoms with Crippen LogP contribution in [-0.2, 0) is 27.5 Å². The Hall–Kier alpha value is -4.10. The monoisotopic (exact) mass is 665 g/mol. The molecule has 0 spiro atoms. The minimum Gasteiger partial charge on any atom is -0.493 e. The number of amides is 1. The predicted molar refractivity (Wildman–Crippen MR) is 163 cm³/mol. The first kappa shape index (κ1) is 33.8. The summed E-state index contributed by atoms with van der Waals surface area (Å²) in [5, 5.41) is 18.7. The summed E-state index contributed by atoms with van der Waals surface area (Å²) in [6.45, 7) is 3.70. The molecule has 4 rings (SSSR count). The number of hydrogen-bond acceptors (Lipinski definition) is 9. The number of carbonyl (C=O) groups excluding carboxylic acids is 2. The Morgan fingerprint density at radius 1 is 0.933 bits per heavy atom. The van der Waals surface area contributed by atoms with Crippen LogP contribution in [0.25, 0.3) is 10.1 Å². The second-order valence-corrected chi connectivity index (χ2v) is 12.1. The van der Waals surface area contributed by atoms with Gasteiger partial charge in [-0.3, -0.25) is 19.2 Å². The van der Waals surface area contributed by atoms with E-state index in [2.05, 4.69) is 0 Å². The van der Waals surface area contributed by atoms with Crippen molar-refractivity contribution in [1.29, 1.82) is 0 Å². The third-order valence-corrected chi connectivity index (χ3v) is 9.01. The third kappa shape index (κ3) is 7.42. The molecule has 242 valence electrons. The van der Waals surface area contributed by atoms with Crippen LogP contribution >= 0.6 is 22.9 Å². The first-order chi connectivity index (χ1) is 21.4. The fourth-order valence-electron chi connectivity index (χ4n) is 4.80. The van der Waals surface area contributed by atoms with Crippen LogP contribution in [0.3, 0.4) is 0 Å². The van der Waals surface area contributed by atoms with Gasteiger partial charge in [0.25, 0.3) is 0 Å². The summed E-state index contributed by atoms with van der Waals surface area (Å²) < 4.78 is 38.4. The molecule has 1 amide bonds. The summed E-state index contributed by atoms with van der Waals surface area (Å²) in [6, 6.07) is 4.76. The summed E-state index contributed by atoms with van der Waals surface area (Å²) in [5.74, 6) is -4.25. The van der Waals surface area contributed by atoms with Gasteiger partial charge in [-0.15, -0.1) is 11.3 Å². The van der Waals surface area contributed by atoms with E-state index < -0.39 is 35.4 Å². The van der Waals surface area contributed by atoms with E-state index in [1.54, 1.807) is 17.0 Å². The Kier molecular flexibility index (Phi) is 10.8. The standard InChI is InChI=1S/C31H33ClFNO10S/c1-15(30(37)38)8-20(35)29-27(33)18-11-22(21(41-3)12-24(18)45-29)43-6-5-7-44-28-23(42-4)10-17-13-34(14-19(17)26(28)32)25(36)9-16(2)31(39)40/h10-12,15-16H,5-9,13-14H2,1-4H3,(H,37,38)(H,39,40)/t15-,16-/m0/s1. The highest BCUT2D eigenvalue weighted by molar-refractivity contribution is 7.20. The van der Waals surface area contributed by atoms with Gasteiger partial charge in [0.05, 0.1) is 44.3 Å². The summed E-state index contributed by atoms with van der Waals surface area (Å²) in [6.07, 6.45) is -0.0526. The molecule has 2 atom stereocenters. The highest BCUT2D eigenvalue weighted by Gasteiger charge is 2.31. The number of benzene rings is 2. The van der Waals surface area contributed by atoms with Crippen LogP contribution in [0, 0.1) is 17.7 Å². The molecule has 1 aromatic heterocycles. The lowest BCUT2D eigenvalue weighted by molar-refractivity contribution is -0.145. The molecule has 14 heteroatoms. The smallest absolute Gasteiger partial charge is 0.306 e. The van der Waals surface area contributed by atoms with Crippen molar-refractivity contribution >= 4 is 56.7 Å². The van der Waals surface area contributed by atoms with Crippen LogP contribution in [0.5, 0.6) is 23.0 Å². The van der Waals surface area contributed by atoms with E-state index in [0.29, 0.717) is 39.0 Å². The molecule has 0 radical (unpaired) electrons. The average Bonchev–Trinajstić information content (AvgIpc) is 3.58. The minimum atomic E-state index is -1.13. The molecular formula is C31H33ClFNO10S. The number of thiophene rings is 1. The van der Waals surface area contributed by atoms with Crippen LogP contribution in [0.4, 0.5) is 4.39 Å². The maximum absolute atomic E-state index is 15.2. The minimum absolute atomic E-state index is 0.121. The van der Waals surface area contributed by atoms with Gasteiger partial charge in [0.2, 0.25) is 5.91 Å². The van der Waals surface area contributed by atoms with Gasteiger partial charge in [-0.25, -0.2) is 4.39 Å². The normalized spacial score (nSPS) is 13.7. The van der Waals surface area contributed by atoms with Gasteiger partial charge in [-0.2, -0.15) is 0 Å². The first-order valence-corrected chi connectivity index (χ1v) is 15.3. The number of Topliss-reactive ketones (excluding diaryl/α,β-unsaturated/α-hetero) is 1. The van der Waals surface area contributed by atoms with E-state index in [9.17, 15) is 19.2 Å². The van der Waals surface area contributed by atoms with Crippen molar-refractivity contribution in [1.82, 2.24) is 4.90 Å². The molecule has 2 aromatic carbocycles. The van der Waals surface area contributed by atoms with Crippen molar-refractivity contribution in [2.24, 2.45) is 11.8 Å². The lowest BCUT2D eigenvalue weighted by Gasteiger charge is -2.17. The molecule has 0 aliphatic carbocycles. The van der Waals surface area contributed by atoms with Crippen LogP contribution in [0.2, 0.25) is 5.02 Å². The number of fused-ring (bicyclic) bond motifs is 2. The number of rotatable bonds is 15. The molecule has 0 unspecified atom stereocenters. The third-order valence-electron chi connectivity index (χ3n) is 7.44. The average molecular weight is 666 g/mol. The number of halogens is 2. The SMILES string of the molecule is COc1cc2sc(C(=O)C[C@H](C)C(=O)O)c(F)c2cc1OCCCOc1c(OC)cc2c(c1Cl)CN(C(=O)C[C@H](C)C(=O)O)C2. The van der Waals surface area contributed by atoms with Crippen LogP contribution < -0.4 is 18.9 Å². The van der Waals surface area contributed by atoms with Crippen molar-refractivity contribution in [2.75, 3.05) is 27.4 Å². The zero-order valence-electron chi connectivity index (χ0n) is 25.1. The van der Waals surface area contributed by atoms with Gasteiger partial charge in [0.1, 0.15) is 4.88 Å². The molecule has 45 heavy (non-hydrogen) atoms. The molecule has 2 heterocycles. The zero-order chi connectivity index (χ0) is 33.0. The lowest BCUT2D eigenvalue weighted by atomic mass is 10.0. The van der Waals surface area contributed by atoms with Gasteiger partial charge < -0.3 is 34.1 Å². The Labute approximate surface area is 267 Å². The van der Waals surface area contributed by atoms with Gasteiger partial charge in [-0.05, 0) is 23.3 Å². The highest BCUT2D eigenvalue weighted by Crippen LogP contribution is 2.44. The number of ketones is 1. The summed E-state index contributed by atoms with van der Waals surface area (Å²) in [4.78, 5) is 48.9.